The van der Waals surface area contributed by atoms with Gasteiger partial charge in [0.15, 0.2) is 0 Å². The molecule has 166 valence electrons. The van der Waals surface area contributed by atoms with Crippen molar-refractivity contribution in [2.75, 3.05) is 6.54 Å². The lowest BCUT2D eigenvalue weighted by Crippen LogP contribution is -2.53. The first-order chi connectivity index (χ1) is 14.7. The molecule has 7 heteroatoms. The van der Waals surface area contributed by atoms with Gasteiger partial charge in [-0.05, 0) is 58.6 Å². The van der Waals surface area contributed by atoms with E-state index in [9.17, 15) is 14.4 Å². The van der Waals surface area contributed by atoms with E-state index in [-0.39, 0.29) is 36.5 Å². The zero-order valence-corrected chi connectivity index (χ0v) is 18.7. The molecule has 1 N–H and O–H groups in total. The molecule has 3 unspecified atom stereocenters. The highest BCUT2D eigenvalue weighted by atomic mass is 16.6. The Morgan fingerprint density at radius 2 is 1.74 bits per heavy atom. The van der Waals surface area contributed by atoms with Gasteiger partial charge in [-0.15, -0.1) is 0 Å². The molecular weight excluding hydrogens is 396 g/mol. The van der Waals surface area contributed by atoms with Gasteiger partial charge in [-0.25, -0.2) is 0 Å². The van der Waals surface area contributed by atoms with Crippen molar-refractivity contribution in [2.45, 2.75) is 70.6 Å². The topological polar surface area (TPSA) is 88.7 Å². The van der Waals surface area contributed by atoms with E-state index in [1.807, 2.05) is 31.2 Å². The lowest BCUT2D eigenvalue weighted by molar-refractivity contribution is -0.171. The normalized spacial score (nSPS) is 24.2. The number of likely N-dealkylation sites (tertiary alicyclic amines) is 1. The minimum atomic E-state index is -1.60. The first-order valence-electron chi connectivity index (χ1n) is 10.9. The number of hydrogen-bond donors (Lipinski definition) is 1. The molecule has 1 fully saturated rings. The molecule has 0 spiro atoms. The monoisotopic (exact) mass is 426 g/mol. The van der Waals surface area contributed by atoms with Crippen LogP contribution in [0.25, 0.3) is 10.9 Å². The Labute approximate surface area is 182 Å². The predicted molar refractivity (Wildman–Crippen MR) is 116 cm³/mol. The zero-order valence-electron chi connectivity index (χ0n) is 18.7. The standard InChI is InChI=1S/C24H30N2O5/c1-13(2)30-22(28)24(23(29)31-14(3)4)10-17-15(5)26(12-27)11-18(17)20-16-8-6-7-9-19(16)25-21(20)24/h6-9,12-15,17-18,25H,10-11H2,1-5H3. The maximum atomic E-state index is 13.6. The van der Waals surface area contributed by atoms with E-state index in [2.05, 4.69) is 4.98 Å². The number of amides is 1. The van der Waals surface area contributed by atoms with Gasteiger partial charge < -0.3 is 19.4 Å². The number of carbonyl (C=O) groups is 3. The number of aromatic amines is 1. The number of fused-ring (bicyclic) bond motifs is 5. The van der Waals surface area contributed by atoms with E-state index in [0.717, 1.165) is 22.9 Å². The molecule has 0 saturated carbocycles. The summed E-state index contributed by atoms with van der Waals surface area (Å²) in [5.74, 6) is -1.25. The molecule has 31 heavy (non-hydrogen) atoms. The van der Waals surface area contributed by atoms with Crippen molar-refractivity contribution in [3.05, 3.63) is 35.5 Å². The van der Waals surface area contributed by atoms with Crippen LogP contribution in [0.5, 0.6) is 0 Å². The molecule has 3 atom stereocenters. The highest BCUT2D eigenvalue weighted by Gasteiger charge is 2.61. The number of hydrogen-bond acceptors (Lipinski definition) is 5. The number of aromatic nitrogens is 1. The molecule has 4 rings (SSSR count). The molecule has 7 nitrogen and oxygen atoms in total. The molecule has 1 saturated heterocycles. The van der Waals surface area contributed by atoms with Crippen molar-refractivity contribution < 1.29 is 23.9 Å². The fourth-order valence-electron chi connectivity index (χ4n) is 5.29. The maximum absolute atomic E-state index is 13.6. The number of para-hydroxylation sites is 1. The minimum Gasteiger partial charge on any atom is -0.462 e. The fourth-order valence-corrected chi connectivity index (χ4v) is 5.29. The second kappa shape index (κ2) is 7.70. The SMILES string of the molecule is CC(C)OC(=O)C1(C(=O)OC(C)C)CC2C(CN(C=O)C2C)c2c1[nH]c1ccccc21. The Kier molecular flexibility index (Phi) is 5.31. The second-order valence-corrected chi connectivity index (χ2v) is 9.29. The highest BCUT2D eigenvalue weighted by Crippen LogP contribution is 2.54. The zero-order chi connectivity index (χ0) is 22.5. The van der Waals surface area contributed by atoms with Crippen molar-refractivity contribution >= 4 is 29.3 Å². The van der Waals surface area contributed by atoms with Gasteiger partial charge >= 0.3 is 11.9 Å². The Morgan fingerprint density at radius 3 is 2.32 bits per heavy atom. The van der Waals surface area contributed by atoms with Gasteiger partial charge in [0.1, 0.15) is 0 Å². The number of rotatable bonds is 5. The number of ether oxygens (including phenoxy) is 2. The predicted octanol–water partition coefficient (Wildman–Crippen LogP) is 3.27. The molecule has 2 heterocycles. The average Bonchev–Trinajstić information content (AvgIpc) is 3.24. The molecular formula is C24H30N2O5. The summed E-state index contributed by atoms with van der Waals surface area (Å²) in [4.78, 5) is 44.1. The summed E-state index contributed by atoms with van der Waals surface area (Å²) in [5, 5.41) is 0.964. The molecule has 2 aromatic rings. The van der Waals surface area contributed by atoms with Crippen molar-refractivity contribution in [3.63, 3.8) is 0 Å². The molecule has 1 amide bonds. The van der Waals surface area contributed by atoms with Gasteiger partial charge in [0, 0.05) is 35.1 Å². The summed E-state index contributed by atoms with van der Waals surface area (Å²) in [6.45, 7) is 9.60. The van der Waals surface area contributed by atoms with Gasteiger partial charge in [-0.1, -0.05) is 18.2 Å². The summed E-state index contributed by atoms with van der Waals surface area (Å²) in [5.41, 5.74) is 0.720. The van der Waals surface area contributed by atoms with Crippen molar-refractivity contribution in [1.82, 2.24) is 9.88 Å². The Hall–Kier alpha value is -2.83. The van der Waals surface area contributed by atoms with Crippen LogP contribution in [0.1, 0.15) is 58.2 Å². The number of esters is 2. The molecule has 1 aromatic carbocycles. The van der Waals surface area contributed by atoms with Crippen molar-refractivity contribution in [1.29, 1.82) is 0 Å². The summed E-state index contributed by atoms with van der Waals surface area (Å²) in [7, 11) is 0. The van der Waals surface area contributed by atoms with E-state index >= 15 is 0 Å². The summed E-state index contributed by atoms with van der Waals surface area (Å²) in [6, 6.07) is 7.68. The van der Waals surface area contributed by atoms with E-state index in [1.54, 1.807) is 32.6 Å². The van der Waals surface area contributed by atoms with Gasteiger partial charge in [0.2, 0.25) is 11.8 Å². The maximum Gasteiger partial charge on any atom is 0.329 e. The smallest absolute Gasteiger partial charge is 0.329 e. The van der Waals surface area contributed by atoms with E-state index in [1.165, 1.54) is 0 Å². The number of nitrogens with zero attached hydrogens (tertiary/aromatic N) is 1. The first-order valence-corrected chi connectivity index (χ1v) is 10.9. The quantitative estimate of drug-likeness (QED) is 0.450. The van der Waals surface area contributed by atoms with E-state index in [0.29, 0.717) is 12.2 Å². The number of H-pyrrole nitrogens is 1. The largest absolute Gasteiger partial charge is 0.462 e. The number of carbonyl (C=O) groups excluding carboxylic acids is 3. The Bertz CT molecular complexity index is 1000. The fraction of sp³-hybridized carbons (Fsp3) is 0.542. The molecule has 2 aliphatic rings. The van der Waals surface area contributed by atoms with Crippen LogP contribution < -0.4 is 0 Å². The summed E-state index contributed by atoms with van der Waals surface area (Å²) in [6.07, 6.45) is 0.335. The Morgan fingerprint density at radius 1 is 1.13 bits per heavy atom. The highest BCUT2D eigenvalue weighted by molar-refractivity contribution is 6.08. The van der Waals surface area contributed by atoms with Gasteiger partial charge in [0.05, 0.1) is 12.2 Å². The van der Waals surface area contributed by atoms with Crippen molar-refractivity contribution in [2.24, 2.45) is 5.92 Å². The van der Waals surface area contributed by atoms with Crippen LogP contribution in [0.3, 0.4) is 0 Å². The summed E-state index contributed by atoms with van der Waals surface area (Å²) < 4.78 is 11.3. The van der Waals surface area contributed by atoms with Gasteiger partial charge in [0.25, 0.3) is 0 Å². The molecule has 0 radical (unpaired) electrons. The van der Waals surface area contributed by atoms with E-state index in [4.69, 9.17) is 9.47 Å². The third-order valence-corrected chi connectivity index (χ3v) is 6.67. The van der Waals surface area contributed by atoms with Crippen LogP contribution in [-0.2, 0) is 29.3 Å². The third-order valence-electron chi connectivity index (χ3n) is 6.67. The van der Waals surface area contributed by atoms with Crippen LogP contribution >= 0.6 is 0 Å². The van der Waals surface area contributed by atoms with Crippen LogP contribution in [0, 0.1) is 5.92 Å². The number of nitrogens with one attached hydrogen (secondary N) is 1. The molecule has 1 aromatic heterocycles. The van der Waals surface area contributed by atoms with Gasteiger partial charge in [-0.3, -0.25) is 14.4 Å². The van der Waals surface area contributed by atoms with Crippen LogP contribution in [0.4, 0.5) is 0 Å². The van der Waals surface area contributed by atoms with Crippen molar-refractivity contribution in [3.8, 4) is 0 Å². The second-order valence-electron chi connectivity index (χ2n) is 9.29. The number of benzene rings is 1. The minimum absolute atomic E-state index is 0.0261. The molecule has 1 aliphatic carbocycles. The van der Waals surface area contributed by atoms with Crippen LogP contribution in [0.2, 0.25) is 0 Å². The molecule has 1 aliphatic heterocycles. The lowest BCUT2D eigenvalue weighted by atomic mass is 9.63. The average molecular weight is 427 g/mol. The third kappa shape index (κ3) is 3.22. The first kappa shape index (κ1) is 21.4. The van der Waals surface area contributed by atoms with E-state index < -0.39 is 17.4 Å². The molecule has 0 bridgehead atoms. The van der Waals surface area contributed by atoms with Crippen LogP contribution in [-0.4, -0.2) is 53.0 Å². The van der Waals surface area contributed by atoms with Gasteiger partial charge in [-0.2, -0.15) is 0 Å². The van der Waals surface area contributed by atoms with Crippen LogP contribution in [0.15, 0.2) is 24.3 Å². The summed E-state index contributed by atoms with van der Waals surface area (Å²) >= 11 is 0. The Balaban J connectivity index is 1.99. The lowest BCUT2D eigenvalue weighted by Gasteiger charge is -2.40.